The van der Waals surface area contributed by atoms with E-state index in [4.69, 9.17) is 14.6 Å². The van der Waals surface area contributed by atoms with Crippen LogP contribution in [0.25, 0.3) is 0 Å². The van der Waals surface area contributed by atoms with Gasteiger partial charge in [-0.3, -0.25) is 0 Å². The van der Waals surface area contributed by atoms with Gasteiger partial charge in [0, 0.05) is 38.9 Å². The summed E-state index contributed by atoms with van der Waals surface area (Å²) in [6.45, 7) is 4.85. The summed E-state index contributed by atoms with van der Waals surface area (Å²) < 4.78 is 47.7. The standard InChI is InChI=1S/C11H12F3NO2.C10H14N4O2/c12-11(13,14)9-4-1-5-10(15-9)17-8-3-2-6-16-7-8;1-13-4-6-14(7-5-13)9-3-2-8(10(15)16)11-12-9/h1,4-5,8H,2-3,6-7H2;2-3H,4-7H2,1H3,(H,15,16). The van der Waals surface area contributed by atoms with E-state index in [1.54, 1.807) is 6.07 Å². The number of aromatic carboxylic acids is 1. The second-order valence-electron chi connectivity index (χ2n) is 7.69. The number of piperazine rings is 1. The molecule has 0 aliphatic carbocycles. The van der Waals surface area contributed by atoms with Crippen LogP contribution in [0.1, 0.15) is 29.0 Å². The van der Waals surface area contributed by atoms with Gasteiger partial charge in [-0.25, -0.2) is 9.78 Å². The predicted octanol–water partition coefficient (Wildman–Crippen LogP) is 2.58. The molecule has 2 aromatic heterocycles. The SMILES string of the molecule is CN1CCN(c2ccc(C(=O)O)nn2)CC1.FC(F)(F)c1cccc(OC2CCCOC2)n1. The first-order chi connectivity index (χ1) is 15.7. The molecule has 1 atom stereocenters. The molecular weight excluding hydrogens is 443 g/mol. The molecule has 0 amide bonds. The van der Waals surface area contributed by atoms with Crippen LogP contribution in [0, 0.1) is 0 Å². The van der Waals surface area contributed by atoms with E-state index in [2.05, 4.69) is 32.0 Å². The van der Waals surface area contributed by atoms with E-state index in [0.717, 1.165) is 50.9 Å². The highest BCUT2D eigenvalue weighted by molar-refractivity contribution is 5.85. The number of halogens is 3. The average molecular weight is 469 g/mol. The van der Waals surface area contributed by atoms with Gasteiger partial charge in [0.2, 0.25) is 5.88 Å². The van der Waals surface area contributed by atoms with E-state index in [1.807, 2.05) is 0 Å². The smallest absolute Gasteiger partial charge is 0.433 e. The molecule has 0 saturated carbocycles. The summed E-state index contributed by atoms with van der Waals surface area (Å²) in [5, 5.41) is 16.3. The fraction of sp³-hybridized carbons (Fsp3) is 0.524. The molecule has 12 heteroatoms. The molecule has 1 unspecified atom stereocenters. The number of carboxylic acids is 1. The summed E-state index contributed by atoms with van der Waals surface area (Å²) in [6, 6.07) is 6.83. The minimum Gasteiger partial charge on any atom is -0.476 e. The topological polar surface area (TPSA) is 101 Å². The molecule has 0 spiro atoms. The van der Waals surface area contributed by atoms with Crippen molar-refractivity contribution in [3.63, 3.8) is 0 Å². The lowest BCUT2D eigenvalue weighted by Gasteiger charge is -2.32. The van der Waals surface area contributed by atoms with Gasteiger partial charge < -0.3 is 24.4 Å². The molecule has 2 aliphatic heterocycles. The normalized spacial score (nSPS) is 19.4. The maximum Gasteiger partial charge on any atom is 0.433 e. The van der Waals surface area contributed by atoms with E-state index in [0.29, 0.717) is 13.2 Å². The third kappa shape index (κ3) is 7.53. The monoisotopic (exact) mass is 469 g/mol. The lowest BCUT2D eigenvalue weighted by molar-refractivity contribution is -0.141. The molecule has 2 fully saturated rings. The van der Waals surface area contributed by atoms with E-state index >= 15 is 0 Å². The van der Waals surface area contributed by atoms with Crippen molar-refractivity contribution in [3.05, 3.63) is 41.7 Å². The van der Waals surface area contributed by atoms with E-state index in [9.17, 15) is 18.0 Å². The molecule has 0 bridgehead atoms. The zero-order chi connectivity index (χ0) is 23.8. The number of anilines is 1. The Morgan fingerprint density at radius 1 is 1.15 bits per heavy atom. The molecule has 9 nitrogen and oxygen atoms in total. The molecule has 0 radical (unpaired) electrons. The van der Waals surface area contributed by atoms with Crippen molar-refractivity contribution >= 4 is 11.8 Å². The Morgan fingerprint density at radius 3 is 2.48 bits per heavy atom. The number of hydrogen-bond donors (Lipinski definition) is 1. The highest BCUT2D eigenvalue weighted by Crippen LogP contribution is 2.29. The first kappa shape index (κ1) is 24.6. The molecule has 1 N–H and O–H groups in total. The van der Waals surface area contributed by atoms with Gasteiger partial charge in [-0.1, -0.05) is 6.07 Å². The molecule has 33 heavy (non-hydrogen) atoms. The highest BCUT2D eigenvalue weighted by Gasteiger charge is 2.33. The summed E-state index contributed by atoms with van der Waals surface area (Å²) in [5.74, 6) is -0.300. The van der Waals surface area contributed by atoms with Crippen molar-refractivity contribution in [2.75, 3.05) is 51.3 Å². The molecular formula is C21H26F3N5O4. The van der Waals surface area contributed by atoms with Crippen molar-refractivity contribution in [3.8, 4) is 5.88 Å². The van der Waals surface area contributed by atoms with Crippen LogP contribution in [0.2, 0.25) is 0 Å². The van der Waals surface area contributed by atoms with E-state index in [-0.39, 0.29) is 17.7 Å². The Kier molecular flexibility index (Phi) is 8.39. The fourth-order valence-electron chi connectivity index (χ4n) is 3.26. The zero-order valence-corrected chi connectivity index (χ0v) is 18.2. The minimum absolute atomic E-state index is 0.00433. The number of hydrogen-bond acceptors (Lipinski definition) is 8. The van der Waals surface area contributed by atoms with Gasteiger partial charge in [0.1, 0.15) is 11.8 Å². The van der Waals surface area contributed by atoms with Crippen molar-refractivity contribution in [1.29, 1.82) is 0 Å². The van der Waals surface area contributed by atoms with Crippen molar-refractivity contribution in [1.82, 2.24) is 20.1 Å². The van der Waals surface area contributed by atoms with Crippen LogP contribution >= 0.6 is 0 Å². The Balaban J connectivity index is 0.000000186. The number of nitrogens with zero attached hydrogens (tertiary/aromatic N) is 5. The number of alkyl halides is 3. The second kappa shape index (κ2) is 11.2. The van der Waals surface area contributed by atoms with Crippen LogP contribution in [0.3, 0.4) is 0 Å². The third-order valence-corrected chi connectivity index (χ3v) is 5.12. The Hall–Kier alpha value is -2.99. The van der Waals surface area contributed by atoms with E-state index in [1.165, 1.54) is 18.2 Å². The molecule has 180 valence electrons. The van der Waals surface area contributed by atoms with Crippen LogP contribution in [0.4, 0.5) is 19.0 Å². The van der Waals surface area contributed by atoms with Gasteiger partial charge in [-0.15, -0.1) is 10.2 Å². The number of rotatable bonds is 4. The molecule has 4 rings (SSSR count). The zero-order valence-electron chi connectivity index (χ0n) is 18.2. The molecule has 0 aromatic carbocycles. The van der Waals surface area contributed by atoms with Crippen LogP contribution in [0.15, 0.2) is 30.3 Å². The maximum atomic E-state index is 12.4. The third-order valence-electron chi connectivity index (χ3n) is 5.12. The first-order valence-corrected chi connectivity index (χ1v) is 10.5. The minimum atomic E-state index is -4.44. The summed E-state index contributed by atoms with van der Waals surface area (Å²) in [4.78, 5) is 18.4. The van der Waals surface area contributed by atoms with E-state index < -0.39 is 17.8 Å². The Morgan fingerprint density at radius 2 is 1.91 bits per heavy atom. The van der Waals surface area contributed by atoms with Crippen LogP contribution in [-0.2, 0) is 10.9 Å². The average Bonchev–Trinajstić information content (AvgIpc) is 2.80. The molecule has 4 heterocycles. The van der Waals surface area contributed by atoms with Gasteiger partial charge in [0.05, 0.1) is 6.61 Å². The predicted molar refractivity (Wildman–Crippen MR) is 112 cm³/mol. The lowest BCUT2D eigenvalue weighted by Crippen LogP contribution is -2.44. The number of likely N-dealkylation sites (N-methyl/N-ethyl adjacent to an activating group) is 1. The number of carboxylic acid groups (broad SMARTS) is 1. The maximum absolute atomic E-state index is 12.4. The fourth-order valence-corrected chi connectivity index (χ4v) is 3.26. The molecule has 2 saturated heterocycles. The van der Waals surface area contributed by atoms with Crippen molar-refractivity contribution < 1.29 is 32.5 Å². The largest absolute Gasteiger partial charge is 0.476 e. The Bertz CT molecular complexity index is 900. The summed E-state index contributed by atoms with van der Waals surface area (Å²) >= 11 is 0. The highest BCUT2D eigenvalue weighted by atomic mass is 19.4. The van der Waals surface area contributed by atoms with Gasteiger partial charge in [-0.05, 0) is 38.1 Å². The summed E-state index contributed by atoms with van der Waals surface area (Å²) in [6.07, 6.45) is -3.02. The van der Waals surface area contributed by atoms with Crippen molar-refractivity contribution in [2.24, 2.45) is 0 Å². The van der Waals surface area contributed by atoms with Crippen LogP contribution in [0.5, 0.6) is 5.88 Å². The van der Waals surface area contributed by atoms with Crippen LogP contribution in [-0.4, -0.2) is 83.7 Å². The quantitative estimate of drug-likeness (QED) is 0.724. The molecule has 2 aliphatic rings. The summed E-state index contributed by atoms with van der Waals surface area (Å²) in [7, 11) is 2.08. The number of carbonyl (C=O) groups is 1. The molecule has 2 aromatic rings. The lowest BCUT2D eigenvalue weighted by atomic mass is 10.2. The van der Waals surface area contributed by atoms with Gasteiger partial charge in [0.25, 0.3) is 0 Å². The van der Waals surface area contributed by atoms with Crippen molar-refractivity contribution in [2.45, 2.75) is 25.1 Å². The summed E-state index contributed by atoms with van der Waals surface area (Å²) in [5.41, 5.74) is -0.954. The second-order valence-corrected chi connectivity index (χ2v) is 7.69. The van der Waals surface area contributed by atoms with Crippen LogP contribution < -0.4 is 9.64 Å². The van der Waals surface area contributed by atoms with Gasteiger partial charge in [0.15, 0.2) is 11.5 Å². The van der Waals surface area contributed by atoms with Gasteiger partial charge >= 0.3 is 12.1 Å². The number of pyridine rings is 1. The Labute approximate surface area is 189 Å². The first-order valence-electron chi connectivity index (χ1n) is 10.5. The number of aromatic nitrogens is 3. The number of ether oxygens (including phenoxy) is 2. The van der Waals surface area contributed by atoms with Gasteiger partial charge in [-0.2, -0.15) is 13.2 Å².